The van der Waals surface area contributed by atoms with Crippen LogP contribution in [0.25, 0.3) is 5.69 Å². The number of benzene rings is 2. The molecule has 3 aromatic rings. The Kier molecular flexibility index (Phi) is 5.89. The maximum Gasteiger partial charge on any atom is 0.232 e. The molecule has 0 aliphatic carbocycles. The van der Waals surface area contributed by atoms with Crippen molar-refractivity contribution >= 4 is 46.7 Å². The fraction of sp³-hybridized carbons (Fsp3) is 0.304. The van der Waals surface area contributed by atoms with Crippen LogP contribution >= 0.6 is 23.4 Å². The Morgan fingerprint density at radius 3 is 2.72 bits per heavy atom. The second-order valence-corrected chi connectivity index (χ2v) is 9.25. The van der Waals surface area contributed by atoms with Crippen LogP contribution in [0.1, 0.15) is 35.2 Å². The number of carbonyl (C=O) groups is 2. The number of Topliss-reactive ketones (excluding diaryl/α,β-unsaturated/α-hetero) is 1. The van der Waals surface area contributed by atoms with E-state index in [-0.39, 0.29) is 17.4 Å². The molecule has 1 N–H and O–H groups in total. The first-order chi connectivity index (χ1) is 15.6. The number of halogens is 1. The summed E-state index contributed by atoms with van der Waals surface area (Å²) < 4.78 is 1.95. The summed E-state index contributed by atoms with van der Waals surface area (Å²) in [6.45, 7) is 1.86. The van der Waals surface area contributed by atoms with Crippen molar-refractivity contribution < 1.29 is 9.59 Å². The van der Waals surface area contributed by atoms with Gasteiger partial charge in [0.2, 0.25) is 11.9 Å². The maximum atomic E-state index is 12.9. The maximum absolute atomic E-state index is 12.9. The van der Waals surface area contributed by atoms with Gasteiger partial charge in [-0.05, 0) is 55.2 Å². The average Bonchev–Trinajstić information content (AvgIpc) is 3.47. The molecule has 2 aliphatic heterocycles. The molecular weight excluding hydrogens is 446 g/mol. The molecule has 5 rings (SSSR count). The first-order valence-corrected chi connectivity index (χ1v) is 12.0. The molecule has 1 fully saturated rings. The Labute approximate surface area is 195 Å². The number of ketones is 1. The predicted octanol–water partition coefficient (Wildman–Crippen LogP) is 4.38. The first kappa shape index (κ1) is 21.0. The lowest BCUT2D eigenvalue weighted by Gasteiger charge is -2.19. The average molecular weight is 468 g/mol. The number of carbonyl (C=O) groups excluding carboxylic acids is 2. The van der Waals surface area contributed by atoms with Crippen LogP contribution in [0.2, 0.25) is 5.02 Å². The zero-order chi connectivity index (χ0) is 22.1. The number of hydrogen-bond donors (Lipinski definition) is 1. The standard InChI is InChI=1S/C23H22ClN5O2S/c24-17-5-1-2-6-19(17)29-22(28-11-3-4-12-28)26-27-23(29)32-14-20(30)16-7-9-18-15(13-16)8-10-21(31)25-18/h1-2,5-7,9,13H,3-4,8,10-12,14H2,(H,25,31). The van der Waals surface area contributed by atoms with E-state index in [0.29, 0.717) is 28.6 Å². The molecule has 9 heteroatoms. The zero-order valence-corrected chi connectivity index (χ0v) is 19.0. The largest absolute Gasteiger partial charge is 0.341 e. The Balaban J connectivity index is 1.39. The molecule has 2 aromatic carbocycles. The molecule has 0 radical (unpaired) electrons. The number of nitrogens with zero attached hydrogens (tertiary/aromatic N) is 4. The second-order valence-electron chi connectivity index (χ2n) is 7.90. The molecule has 1 amide bonds. The summed E-state index contributed by atoms with van der Waals surface area (Å²) >= 11 is 7.86. The highest BCUT2D eigenvalue weighted by Gasteiger charge is 2.24. The summed E-state index contributed by atoms with van der Waals surface area (Å²) in [5.74, 6) is 1.01. The highest BCUT2D eigenvalue weighted by atomic mass is 35.5. The van der Waals surface area contributed by atoms with E-state index >= 15 is 0 Å². The van der Waals surface area contributed by atoms with Gasteiger partial charge in [0.15, 0.2) is 10.9 Å². The van der Waals surface area contributed by atoms with Crippen LogP contribution in [-0.2, 0) is 11.2 Å². The van der Waals surface area contributed by atoms with Gasteiger partial charge in [-0.25, -0.2) is 0 Å². The third-order valence-electron chi connectivity index (χ3n) is 5.75. The molecule has 7 nitrogen and oxygen atoms in total. The number of aryl methyl sites for hydroxylation is 1. The SMILES string of the molecule is O=C1CCc2cc(C(=O)CSc3nnc(N4CCCC4)n3-c3ccccc3Cl)ccc2N1. The normalized spacial score (nSPS) is 15.5. The molecule has 1 aromatic heterocycles. The number of hydrogen-bond acceptors (Lipinski definition) is 6. The number of para-hydroxylation sites is 1. The fourth-order valence-corrected chi connectivity index (χ4v) is 5.15. The second kappa shape index (κ2) is 8.96. The van der Waals surface area contributed by atoms with E-state index in [1.54, 1.807) is 6.07 Å². The number of aromatic nitrogens is 3. The van der Waals surface area contributed by atoms with Crippen molar-refractivity contribution in [3.8, 4) is 5.69 Å². The molecule has 1 saturated heterocycles. The van der Waals surface area contributed by atoms with E-state index < -0.39 is 0 Å². The van der Waals surface area contributed by atoms with E-state index in [1.807, 2.05) is 41.0 Å². The molecule has 0 atom stereocenters. The minimum absolute atomic E-state index is 0.00568. The predicted molar refractivity (Wildman–Crippen MR) is 126 cm³/mol. The van der Waals surface area contributed by atoms with Crippen LogP contribution in [0.15, 0.2) is 47.6 Å². The summed E-state index contributed by atoms with van der Waals surface area (Å²) in [7, 11) is 0. The molecular formula is C23H22ClN5O2S. The minimum Gasteiger partial charge on any atom is -0.341 e. The number of nitrogens with one attached hydrogen (secondary N) is 1. The van der Waals surface area contributed by atoms with Gasteiger partial charge in [-0.2, -0.15) is 0 Å². The number of anilines is 2. The Hall–Kier alpha value is -2.84. The van der Waals surface area contributed by atoms with Gasteiger partial charge in [0.1, 0.15) is 0 Å². The van der Waals surface area contributed by atoms with Crippen LogP contribution in [-0.4, -0.2) is 45.3 Å². The van der Waals surface area contributed by atoms with Crippen LogP contribution in [0.3, 0.4) is 0 Å². The van der Waals surface area contributed by atoms with Gasteiger partial charge in [-0.3, -0.25) is 14.2 Å². The molecule has 164 valence electrons. The Morgan fingerprint density at radius 1 is 1.09 bits per heavy atom. The van der Waals surface area contributed by atoms with Crippen LogP contribution < -0.4 is 10.2 Å². The van der Waals surface area contributed by atoms with Crippen molar-refractivity contribution in [3.63, 3.8) is 0 Å². The number of rotatable bonds is 6. The molecule has 32 heavy (non-hydrogen) atoms. The van der Waals surface area contributed by atoms with E-state index in [9.17, 15) is 9.59 Å². The third-order valence-corrected chi connectivity index (χ3v) is 7.00. The van der Waals surface area contributed by atoms with E-state index in [1.165, 1.54) is 11.8 Å². The summed E-state index contributed by atoms with van der Waals surface area (Å²) in [4.78, 5) is 26.7. The van der Waals surface area contributed by atoms with Crippen LogP contribution in [0, 0.1) is 0 Å². The monoisotopic (exact) mass is 467 g/mol. The lowest BCUT2D eigenvalue weighted by Crippen LogP contribution is -2.22. The summed E-state index contributed by atoms with van der Waals surface area (Å²) in [5.41, 5.74) is 3.23. The third kappa shape index (κ3) is 4.12. The van der Waals surface area contributed by atoms with Crippen molar-refractivity contribution in [1.82, 2.24) is 14.8 Å². The minimum atomic E-state index is 0.00568. The van der Waals surface area contributed by atoms with Crippen molar-refractivity contribution in [2.75, 3.05) is 29.1 Å². The fourth-order valence-electron chi connectivity index (χ4n) is 4.09. The van der Waals surface area contributed by atoms with Gasteiger partial charge in [-0.1, -0.05) is 35.5 Å². The molecule has 3 heterocycles. The van der Waals surface area contributed by atoms with Crippen molar-refractivity contribution in [3.05, 3.63) is 58.6 Å². The zero-order valence-electron chi connectivity index (χ0n) is 17.4. The molecule has 0 saturated carbocycles. The molecule has 0 unspecified atom stereocenters. The quantitative estimate of drug-likeness (QED) is 0.428. The first-order valence-electron chi connectivity index (χ1n) is 10.6. The summed E-state index contributed by atoms with van der Waals surface area (Å²) in [5, 5.41) is 12.9. The van der Waals surface area contributed by atoms with Crippen LogP contribution in [0.4, 0.5) is 11.6 Å². The van der Waals surface area contributed by atoms with Crippen molar-refractivity contribution in [1.29, 1.82) is 0 Å². The van der Waals surface area contributed by atoms with Crippen LogP contribution in [0.5, 0.6) is 0 Å². The molecule has 0 bridgehead atoms. The van der Waals surface area contributed by atoms with Gasteiger partial charge in [0.05, 0.1) is 16.5 Å². The van der Waals surface area contributed by atoms with Crippen molar-refractivity contribution in [2.24, 2.45) is 0 Å². The highest BCUT2D eigenvalue weighted by molar-refractivity contribution is 7.99. The number of fused-ring (bicyclic) bond motifs is 1. The van der Waals surface area contributed by atoms with E-state index in [4.69, 9.17) is 11.6 Å². The number of amides is 1. The van der Waals surface area contributed by atoms with E-state index in [0.717, 1.165) is 48.8 Å². The Bertz CT molecular complexity index is 1190. The van der Waals surface area contributed by atoms with Gasteiger partial charge in [0, 0.05) is 30.8 Å². The topological polar surface area (TPSA) is 80.1 Å². The van der Waals surface area contributed by atoms with Gasteiger partial charge in [-0.15, -0.1) is 10.2 Å². The van der Waals surface area contributed by atoms with Gasteiger partial charge >= 0.3 is 0 Å². The smallest absolute Gasteiger partial charge is 0.232 e. The van der Waals surface area contributed by atoms with Gasteiger partial charge in [0.25, 0.3) is 0 Å². The summed E-state index contributed by atoms with van der Waals surface area (Å²) in [6.07, 6.45) is 3.33. The molecule has 0 spiro atoms. The lowest BCUT2D eigenvalue weighted by atomic mass is 9.99. The summed E-state index contributed by atoms with van der Waals surface area (Å²) in [6, 6.07) is 13.1. The number of thioether (sulfide) groups is 1. The van der Waals surface area contributed by atoms with Gasteiger partial charge < -0.3 is 10.2 Å². The molecule has 2 aliphatic rings. The lowest BCUT2D eigenvalue weighted by molar-refractivity contribution is -0.116. The van der Waals surface area contributed by atoms with Crippen molar-refractivity contribution in [2.45, 2.75) is 30.8 Å². The Morgan fingerprint density at radius 2 is 1.91 bits per heavy atom. The highest BCUT2D eigenvalue weighted by Crippen LogP contribution is 2.32. The van der Waals surface area contributed by atoms with E-state index in [2.05, 4.69) is 20.4 Å².